The summed E-state index contributed by atoms with van der Waals surface area (Å²) in [7, 11) is -21.0. The van der Waals surface area contributed by atoms with E-state index in [4.69, 9.17) is 22.4 Å². The molecule has 0 amide bonds. The van der Waals surface area contributed by atoms with Gasteiger partial charge in [-0.05, 0) is 244 Å². The molecule has 0 spiro atoms. The molecule has 0 radical (unpaired) electrons. The molecular formula is C84H72F3O13S7+. The van der Waals surface area contributed by atoms with E-state index in [0.29, 0.717) is 33.8 Å². The van der Waals surface area contributed by atoms with Crippen molar-refractivity contribution in [3.05, 3.63) is 322 Å². The van der Waals surface area contributed by atoms with Crippen molar-refractivity contribution in [3.63, 3.8) is 0 Å². The molecule has 0 N–H and O–H groups in total. The Morgan fingerprint density at radius 3 is 0.794 bits per heavy atom. The summed E-state index contributed by atoms with van der Waals surface area (Å²) >= 11 is 0. The first-order valence-electron chi connectivity index (χ1n) is 33.3. The van der Waals surface area contributed by atoms with Gasteiger partial charge in [-0.3, -0.25) is 0 Å². The van der Waals surface area contributed by atoms with E-state index in [2.05, 4.69) is 48.5 Å². The molecule has 0 heterocycles. The van der Waals surface area contributed by atoms with E-state index in [1.54, 1.807) is 139 Å². The van der Waals surface area contributed by atoms with Gasteiger partial charge in [-0.1, -0.05) is 131 Å². The maximum absolute atomic E-state index is 14.5. The fourth-order valence-electron chi connectivity index (χ4n) is 13.9. The molecule has 13 nitrogen and oxygen atoms in total. The molecule has 0 atom stereocenters. The van der Waals surface area contributed by atoms with Crippen LogP contribution in [0.15, 0.2) is 323 Å². The van der Waals surface area contributed by atoms with Gasteiger partial charge in [0.25, 0.3) is 0 Å². The molecule has 12 aromatic rings. The Bertz CT molecular complexity index is 5490. The first-order valence-corrected chi connectivity index (χ1v) is 43.1. The standard InChI is InChI=1S/C83H72O10S6.CHF3O3S/c1-53-19-43-79(57(5)47-53)96(84,85)67-33-25-63(26-34-67)94(64-27-35-68(36-28-64)97(86,87)80-44-20-54(2)48-58(80)6)77-51-61(23-41-75(77)92-9)83(73-17-13-11-15-71(73)72-16-12-14-18-74(72)83)62-24-42-76(93-10)78(52-62)95(65-29-37-69(38-30-65)98(88,89)81-45-21-55(3)49-59(81)7)66-31-39-70(40-32-66)99(90,91)82-46-22-56(4)50-60(82)8;2-1(3,4)8(5,6)7/h11-52H,1-10H3;(H,5,6,7)/q+2;/p-1. The number of fused-ring (bicyclic) bond motifs is 3. The van der Waals surface area contributed by atoms with E-state index < -0.39 is 82.2 Å². The highest BCUT2D eigenvalue weighted by molar-refractivity contribution is 7.97. The molecule has 0 saturated carbocycles. The van der Waals surface area contributed by atoms with E-state index in [1.165, 1.54) is 0 Å². The lowest BCUT2D eigenvalue weighted by Gasteiger charge is -2.34. The topological polar surface area (TPSA) is 212 Å². The van der Waals surface area contributed by atoms with Crippen LogP contribution >= 0.6 is 0 Å². The van der Waals surface area contributed by atoms with Crippen LogP contribution < -0.4 is 9.47 Å². The molecule has 1 aliphatic carbocycles. The summed E-state index contributed by atoms with van der Waals surface area (Å²) in [5.74, 6) is 1.05. The quantitative estimate of drug-likeness (QED) is 0.0445. The highest BCUT2D eigenvalue weighted by Crippen LogP contribution is 2.58. The third kappa shape index (κ3) is 14.5. The molecular weight excluding hydrogens is 1500 g/mol. The van der Waals surface area contributed by atoms with E-state index in [0.717, 1.165) is 85.0 Å². The van der Waals surface area contributed by atoms with Gasteiger partial charge in [-0.2, -0.15) is 13.2 Å². The molecule has 0 saturated heterocycles. The van der Waals surface area contributed by atoms with Crippen LogP contribution in [0.1, 0.15) is 66.8 Å². The van der Waals surface area contributed by atoms with Crippen LogP contribution in [0.25, 0.3) is 11.1 Å². The number of ether oxygens (including phenoxy) is 2. The molecule has 12 aromatic carbocycles. The molecule has 0 aromatic heterocycles. The number of hydrogen-bond acceptors (Lipinski definition) is 13. The molecule has 1 aliphatic rings. The van der Waals surface area contributed by atoms with Crippen molar-refractivity contribution >= 4 is 71.3 Å². The zero-order valence-electron chi connectivity index (χ0n) is 59.5. The van der Waals surface area contributed by atoms with Crippen molar-refractivity contribution in [3.8, 4) is 22.6 Å². The minimum atomic E-state index is -6.09. The van der Waals surface area contributed by atoms with E-state index in [9.17, 15) is 46.8 Å². The van der Waals surface area contributed by atoms with Gasteiger partial charge in [0, 0.05) is 12.1 Å². The third-order valence-electron chi connectivity index (χ3n) is 18.8. The maximum Gasteiger partial charge on any atom is 0.485 e. The van der Waals surface area contributed by atoms with E-state index in [1.807, 2.05) is 137 Å². The predicted octanol–water partition coefficient (Wildman–Crippen LogP) is 18.1. The number of sulfone groups is 4. The largest absolute Gasteiger partial charge is 0.741 e. The summed E-state index contributed by atoms with van der Waals surface area (Å²) in [6.07, 6.45) is 0. The van der Waals surface area contributed by atoms with Crippen molar-refractivity contribution in [1.82, 2.24) is 0 Å². The summed E-state index contributed by atoms with van der Waals surface area (Å²) in [6.45, 7) is 14.9. The highest BCUT2D eigenvalue weighted by atomic mass is 32.2. The molecule has 0 aliphatic heterocycles. The van der Waals surface area contributed by atoms with Crippen LogP contribution in [0.5, 0.6) is 11.5 Å². The first kappa shape index (κ1) is 77.1. The maximum atomic E-state index is 14.5. The van der Waals surface area contributed by atoms with Gasteiger partial charge in [0.2, 0.25) is 49.1 Å². The number of alkyl halides is 3. The number of rotatable bonds is 18. The minimum absolute atomic E-state index is 0.112. The third-order valence-corrected chi connectivity index (χ3v) is 31.6. The zero-order chi connectivity index (χ0) is 77.1. The van der Waals surface area contributed by atoms with Crippen molar-refractivity contribution in [2.24, 2.45) is 0 Å². The first-order chi connectivity index (χ1) is 50.5. The van der Waals surface area contributed by atoms with Crippen molar-refractivity contribution in [1.29, 1.82) is 0 Å². The fraction of sp³-hybridized carbons (Fsp3) is 0.143. The summed E-state index contributed by atoms with van der Waals surface area (Å²) in [5.41, 5.74) is 5.17. The average molecular weight is 1570 g/mol. The van der Waals surface area contributed by atoms with Crippen LogP contribution in [0.4, 0.5) is 13.2 Å². The second kappa shape index (κ2) is 29.5. The number of halogens is 3. The lowest BCUT2D eigenvalue weighted by Crippen LogP contribution is -2.29. The van der Waals surface area contributed by atoms with Gasteiger partial charge in [-0.25, -0.2) is 42.1 Å². The van der Waals surface area contributed by atoms with E-state index >= 15 is 0 Å². The predicted molar refractivity (Wildman–Crippen MR) is 408 cm³/mol. The second-order valence-electron chi connectivity index (χ2n) is 26.1. The lowest BCUT2D eigenvalue weighted by atomic mass is 9.67. The molecule has 0 bridgehead atoms. The van der Waals surface area contributed by atoms with Gasteiger partial charge >= 0.3 is 5.51 Å². The van der Waals surface area contributed by atoms with Crippen molar-refractivity contribution < 1.29 is 69.3 Å². The Morgan fingerprint density at radius 1 is 0.327 bits per heavy atom. The lowest BCUT2D eigenvalue weighted by molar-refractivity contribution is -0.0518. The fourth-order valence-corrected chi connectivity index (χ4v) is 24.2. The molecule has 23 heteroatoms. The van der Waals surface area contributed by atoms with Gasteiger partial charge in [0.1, 0.15) is 21.8 Å². The molecule has 13 rings (SSSR count). The van der Waals surface area contributed by atoms with Crippen molar-refractivity contribution in [2.45, 2.75) is 135 Å². The second-order valence-corrected chi connectivity index (χ2v) is 39.1. The van der Waals surface area contributed by atoms with Gasteiger partial charge in [-0.15, -0.1) is 0 Å². The summed E-state index contributed by atoms with van der Waals surface area (Å²) in [4.78, 5) is 5.66. The van der Waals surface area contributed by atoms with Crippen LogP contribution in [0.2, 0.25) is 0 Å². The number of aryl methyl sites for hydroxylation is 8. The molecule has 107 heavy (non-hydrogen) atoms. The molecule has 0 fully saturated rings. The normalized spacial score (nSPS) is 13.0. The average Bonchev–Trinajstić information content (AvgIpc) is 1.55. The highest BCUT2D eigenvalue weighted by Gasteiger charge is 2.49. The SMILES string of the molecule is COc1ccc(C2(c3ccc(OC)c([S+](c4ccc(S(=O)(=O)c5ccc(C)cc5C)cc4)c4ccc(S(=O)(=O)c5ccc(C)cc5C)cc4)c3)c3ccccc3-c3ccccc32)cc1[S+](c1ccc(S(=O)(=O)c2ccc(C)cc2C)cc1)c1ccc(S(=O)(=O)c2ccc(C)cc2C)cc1.O=S(=O)([O-])C(F)(F)F. The number of benzene rings is 12. The summed E-state index contributed by atoms with van der Waals surface area (Å²) < 4.78 is 188. The van der Waals surface area contributed by atoms with Crippen LogP contribution in [-0.2, 0) is 76.7 Å². The minimum Gasteiger partial charge on any atom is -0.741 e. The van der Waals surface area contributed by atoms with Crippen molar-refractivity contribution in [2.75, 3.05) is 14.2 Å². The van der Waals surface area contributed by atoms with Gasteiger partial charge < -0.3 is 14.0 Å². The Hall–Kier alpha value is -9.56. The summed E-state index contributed by atoms with van der Waals surface area (Å²) in [5, 5.41) is 0. The number of methoxy groups -OCH3 is 2. The Morgan fingerprint density at radius 2 is 0.570 bits per heavy atom. The molecule has 0 unspecified atom stereocenters. The van der Waals surface area contributed by atoms with Crippen LogP contribution in [0, 0.1) is 55.4 Å². The van der Waals surface area contributed by atoms with Crippen LogP contribution in [0.3, 0.4) is 0 Å². The number of hydrogen-bond donors (Lipinski definition) is 0. The summed E-state index contributed by atoms with van der Waals surface area (Å²) in [6, 6.07) is 77.9. The van der Waals surface area contributed by atoms with E-state index in [-0.39, 0.29) is 39.2 Å². The smallest absolute Gasteiger partial charge is 0.485 e. The Labute approximate surface area is 628 Å². The molecule has 548 valence electrons. The monoisotopic (exact) mass is 1570 g/mol. The van der Waals surface area contributed by atoms with Gasteiger partial charge in [0.05, 0.1) is 58.8 Å². The van der Waals surface area contributed by atoms with Gasteiger partial charge in [0.15, 0.2) is 41.2 Å². The Kier molecular flexibility index (Phi) is 21.3. The van der Waals surface area contributed by atoms with Crippen LogP contribution in [-0.4, -0.2) is 66.4 Å². The zero-order valence-corrected chi connectivity index (χ0v) is 65.3. The Balaban J connectivity index is 0.00000127.